The van der Waals surface area contributed by atoms with E-state index in [2.05, 4.69) is 5.32 Å². The van der Waals surface area contributed by atoms with Crippen molar-refractivity contribution in [3.05, 3.63) is 29.3 Å². The van der Waals surface area contributed by atoms with Gasteiger partial charge in [-0.1, -0.05) is 31.7 Å². The maximum absolute atomic E-state index is 13.8. The molecule has 1 aromatic rings. The lowest BCUT2D eigenvalue weighted by Crippen LogP contribution is -2.15. The molecule has 18 heavy (non-hydrogen) atoms. The molecule has 0 bridgehead atoms. The Morgan fingerprint density at radius 3 is 2.44 bits per heavy atom. The molecule has 0 amide bonds. The van der Waals surface area contributed by atoms with E-state index in [-0.39, 0.29) is 5.69 Å². The summed E-state index contributed by atoms with van der Waals surface area (Å²) in [6.07, 6.45) is 7.41. The Hall–Kier alpha value is -1.12. The van der Waals surface area contributed by atoms with Crippen LogP contribution < -0.4 is 5.32 Å². The molecule has 1 aliphatic carbocycles. The third-order valence-corrected chi connectivity index (χ3v) is 3.83. The largest absolute Gasteiger partial charge is 0.380 e. The Bertz CT molecular complexity index is 396. The molecule has 0 radical (unpaired) electrons. The number of rotatable bonds is 3. The molecular formula is C15H21F2N. The maximum Gasteiger partial charge on any atom is 0.152 e. The first-order valence-corrected chi connectivity index (χ1v) is 6.87. The highest BCUT2D eigenvalue weighted by atomic mass is 19.1. The average Bonchev–Trinajstić information content (AvgIpc) is 2.63. The van der Waals surface area contributed by atoms with Crippen LogP contribution in [0.1, 0.15) is 44.1 Å². The summed E-state index contributed by atoms with van der Waals surface area (Å²) in [6, 6.07) is 2.80. The van der Waals surface area contributed by atoms with E-state index in [1.54, 1.807) is 6.92 Å². The van der Waals surface area contributed by atoms with Crippen LogP contribution in [0.15, 0.2) is 12.1 Å². The first-order chi connectivity index (χ1) is 8.68. The highest BCUT2D eigenvalue weighted by molar-refractivity contribution is 5.48. The van der Waals surface area contributed by atoms with Gasteiger partial charge in [-0.15, -0.1) is 0 Å². The summed E-state index contributed by atoms with van der Waals surface area (Å²) >= 11 is 0. The fourth-order valence-electron chi connectivity index (χ4n) is 2.63. The first kappa shape index (κ1) is 13.3. The van der Waals surface area contributed by atoms with Crippen LogP contribution in [0.4, 0.5) is 14.5 Å². The normalized spacial score (nSPS) is 17.5. The highest BCUT2D eigenvalue weighted by Gasteiger charge is 2.15. The Labute approximate surface area is 108 Å². The molecule has 1 N–H and O–H groups in total. The van der Waals surface area contributed by atoms with Crippen LogP contribution in [0.25, 0.3) is 0 Å². The summed E-state index contributed by atoms with van der Waals surface area (Å²) in [4.78, 5) is 0. The van der Waals surface area contributed by atoms with E-state index in [4.69, 9.17) is 0 Å². The summed E-state index contributed by atoms with van der Waals surface area (Å²) in [7, 11) is 0. The van der Waals surface area contributed by atoms with Crippen molar-refractivity contribution in [2.45, 2.75) is 45.4 Å². The van der Waals surface area contributed by atoms with Gasteiger partial charge in [-0.05, 0) is 37.3 Å². The van der Waals surface area contributed by atoms with Crippen molar-refractivity contribution < 1.29 is 8.78 Å². The Morgan fingerprint density at radius 2 is 1.78 bits per heavy atom. The van der Waals surface area contributed by atoms with E-state index in [1.165, 1.54) is 50.7 Å². The van der Waals surface area contributed by atoms with Gasteiger partial charge in [0.2, 0.25) is 0 Å². The summed E-state index contributed by atoms with van der Waals surface area (Å²) in [5.74, 6) is -0.401. The summed E-state index contributed by atoms with van der Waals surface area (Å²) in [6.45, 7) is 2.34. The van der Waals surface area contributed by atoms with Gasteiger partial charge in [0.05, 0.1) is 0 Å². The molecule has 0 heterocycles. The van der Waals surface area contributed by atoms with Crippen molar-refractivity contribution in [1.82, 2.24) is 0 Å². The molecule has 0 aromatic heterocycles. The van der Waals surface area contributed by atoms with E-state index in [1.807, 2.05) is 0 Å². The molecular weight excluding hydrogens is 232 g/mol. The van der Waals surface area contributed by atoms with Crippen LogP contribution in [0.3, 0.4) is 0 Å². The average molecular weight is 253 g/mol. The summed E-state index contributed by atoms with van der Waals surface area (Å²) < 4.78 is 27.4. The quantitative estimate of drug-likeness (QED) is 0.773. The predicted octanol–water partition coefficient (Wildman–Crippen LogP) is 4.66. The molecule has 1 saturated carbocycles. The monoisotopic (exact) mass is 253 g/mol. The molecule has 0 aliphatic heterocycles. The molecule has 0 spiro atoms. The Morgan fingerprint density at radius 1 is 1.11 bits per heavy atom. The van der Waals surface area contributed by atoms with Gasteiger partial charge < -0.3 is 5.32 Å². The topological polar surface area (TPSA) is 12.0 Å². The van der Waals surface area contributed by atoms with Crippen molar-refractivity contribution in [1.29, 1.82) is 0 Å². The van der Waals surface area contributed by atoms with E-state index < -0.39 is 11.6 Å². The second-order valence-electron chi connectivity index (χ2n) is 5.29. The van der Waals surface area contributed by atoms with Gasteiger partial charge in [0.25, 0.3) is 0 Å². The number of aryl methyl sites for hydroxylation is 1. The number of hydrogen-bond donors (Lipinski definition) is 1. The Balaban J connectivity index is 1.99. The van der Waals surface area contributed by atoms with E-state index >= 15 is 0 Å². The van der Waals surface area contributed by atoms with Crippen molar-refractivity contribution in [2.75, 3.05) is 11.9 Å². The van der Waals surface area contributed by atoms with Crippen LogP contribution >= 0.6 is 0 Å². The smallest absolute Gasteiger partial charge is 0.152 e. The minimum Gasteiger partial charge on any atom is -0.380 e. The van der Waals surface area contributed by atoms with Crippen molar-refractivity contribution in [3.63, 3.8) is 0 Å². The Kier molecular flexibility index (Phi) is 4.56. The van der Waals surface area contributed by atoms with Gasteiger partial charge in [0.15, 0.2) is 5.82 Å². The summed E-state index contributed by atoms with van der Waals surface area (Å²) in [5, 5.41) is 2.97. The van der Waals surface area contributed by atoms with E-state index in [0.29, 0.717) is 18.0 Å². The molecule has 1 aromatic carbocycles. The minimum absolute atomic E-state index is 0.0410. The molecule has 2 rings (SSSR count). The van der Waals surface area contributed by atoms with Crippen molar-refractivity contribution in [2.24, 2.45) is 5.92 Å². The highest BCUT2D eigenvalue weighted by Crippen LogP contribution is 2.26. The molecule has 0 atom stereocenters. The zero-order valence-corrected chi connectivity index (χ0v) is 10.9. The van der Waals surface area contributed by atoms with Crippen LogP contribution in [0.5, 0.6) is 0 Å². The molecule has 3 heteroatoms. The molecule has 1 fully saturated rings. The fraction of sp³-hybridized carbons (Fsp3) is 0.600. The van der Waals surface area contributed by atoms with Crippen LogP contribution in [-0.2, 0) is 0 Å². The van der Waals surface area contributed by atoms with Gasteiger partial charge >= 0.3 is 0 Å². The van der Waals surface area contributed by atoms with Crippen LogP contribution in [0, 0.1) is 24.5 Å². The number of nitrogens with one attached hydrogen (secondary N) is 1. The lowest BCUT2D eigenvalue weighted by molar-refractivity contribution is 0.479. The third kappa shape index (κ3) is 3.21. The lowest BCUT2D eigenvalue weighted by atomic mass is 10.0. The second kappa shape index (κ2) is 6.17. The first-order valence-electron chi connectivity index (χ1n) is 6.87. The predicted molar refractivity (Wildman–Crippen MR) is 70.8 cm³/mol. The van der Waals surface area contributed by atoms with E-state index in [9.17, 15) is 8.78 Å². The zero-order chi connectivity index (χ0) is 13.0. The minimum atomic E-state index is -0.494. The molecule has 0 unspecified atom stereocenters. The zero-order valence-electron chi connectivity index (χ0n) is 10.9. The van der Waals surface area contributed by atoms with Crippen molar-refractivity contribution in [3.8, 4) is 0 Å². The van der Waals surface area contributed by atoms with Crippen molar-refractivity contribution >= 4 is 5.69 Å². The lowest BCUT2D eigenvalue weighted by Gasteiger charge is -2.17. The van der Waals surface area contributed by atoms with Gasteiger partial charge in [-0.2, -0.15) is 0 Å². The number of halogens is 2. The maximum atomic E-state index is 13.8. The molecule has 0 saturated heterocycles. The van der Waals surface area contributed by atoms with Gasteiger partial charge in [0, 0.05) is 6.54 Å². The molecule has 1 aliphatic rings. The second-order valence-corrected chi connectivity index (χ2v) is 5.29. The van der Waals surface area contributed by atoms with Gasteiger partial charge in [-0.3, -0.25) is 0 Å². The molecule has 1 nitrogen and oxygen atoms in total. The van der Waals surface area contributed by atoms with E-state index in [0.717, 1.165) is 0 Å². The summed E-state index contributed by atoms with van der Waals surface area (Å²) in [5.41, 5.74) is 0.527. The van der Waals surface area contributed by atoms with Gasteiger partial charge in [0.1, 0.15) is 11.5 Å². The fourth-order valence-corrected chi connectivity index (χ4v) is 2.63. The standard InChI is InChI=1S/C15H21F2N/c1-11-8-9-13(16)15(14(11)17)18-10-12-6-4-2-3-5-7-12/h8-9,12,18H,2-7,10H2,1H3. The number of anilines is 1. The van der Waals surface area contributed by atoms with Crippen LogP contribution in [-0.4, -0.2) is 6.54 Å². The van der Waals surface area contributed by atoms with Crippen LogP contribution in [0.2, 0.25) is 0 Å². The van der Waals surface area contributed by atoms with Gasteiger partial charge in [-0.25, -0.2) is 8.78 Å². The molecule has 100 valence electrons. The number of hydrogen-bond acceptors (Lipinski definition) is 1. The third-order valence-electron chi connectivity index (χ3n) is 3.83. The number of benzene rings is 1. The SMILES string of the molecule is Cc1ccc(F)c(NCC2CCCCCC2)c1F.